The van der Waals surface area contributed by atoms with Crippen LogP contribution >= 0.6 is 27.3 Å². The summed E-state index contributed by atoms with van der Waals surface area (Å²) in [5.74, 6) is -0.482. The largest absolute Gasteiger partial charge is 0.433 e. The predicted octanol–water partition coefficient (Wildman–Crippen LogP) is 3.54. The number of nitrogens with one attached hydrogen (secondary N) is 1. The van der Waals surface area contributed by atoms with Crippen molar-refractivity contribution in [1.82, 2.24) is 10.3 Å². The zero-order chi connectivity index (χ0) is 15.8. The third-order valence-electron chi connectivity index (χ3n) is 2.53. The molecule has 0 atom stereocenters. The Labute approximate surface area is 130 Å². The number of hydrogen-bond donors (Lipinski definition) is 2. The highest BCUT2D eigenvalue weighted by Gasteiger charge is 2.33. The summed E-state index contributed by atoms with van der Waals surface area (Å²) in [6.07, 6.45) is -4.54. The number of carbonyl (C=O) groups is 1. The van der Waals surface area contributed by atoms with Crippen LogP contribution in [-0.2, 0) is 6.18 Å². The van der Waals surface area contributed by atoms with Crippen LogP contribution in [0.1, 0.15) is 15.4 Å². The Morgan fingerprint density at radius 2 is 2.14 bits per heavy atom. The number of alkyl halides is 3. The van der Waals surface area contributed by atoms with Gasteiger partial charge in [0.2, 0.25) is 0 Å². The molecule has 0 aromatic carbocycles. The van der Waals surface area contributed by atoms with Gasteiger partial charge in [-0.3, -0.25) is 4.79 Å². The lowest BCUT2D eigenvalue weighted by molar-refractivity contribution is -0.140. The molecule has 0 fully saturated rings. The number of nitrogens with two attached hydrogens (primary N) is 1. The first-order valence-corrected chi connectivity index (χ1v) is 7.19. The molecular weight excluding hydrogens is 371 g/mol. The number of anilines is 1. The van der Waals surface area contributed by atoms with Gasteiger partial charge in [-0.25, -0.2) is 4.98 Å². The molecule has 1 amide bonds. The molecule has 2 heterocycles. The van der Waals surface area contributed by atoms with Crippen LogP contribution in [0.25, 0.3) is 10.2 Å². The number of aromatic nitrogens is 1. The van der Waals surface area contributed by atoms with Crippen molar-refractivity contribution in [3.8, 4) is 0 Å². The SMILES string of the molecule is C=C(Br)CNC(=O)c1sc2nc(C(F)(F)F)ccc2c1N. The molecule has 2 aromatic heterocycles. The molecule has 4 nitrogen and oxygen atoms in total. The van der Waals surface area contributed by atoms with Gasteiger partial charge in [-0.05, 0) is 12.1 Å². The molecule has 0 saturated heterocycles. The van der Waals surface area contributed by atoms with Crippen LogP contribution in [0.4, 0.5) is 18.9 Å². The molecule has 2 aromatic rings. The third kappa shape index (κ3) is 3.35. The second-order valence-electron chi connectivity index (χ2n) is 4.09. The Hall–Kier alpha value is -1.61. The second kappa shape index (κ2) is 5.64. The summed E-state index contributed by atoms with van der Waals surface area (Å²) in [4.78, 5) is 15.6. The van der Waals surface area contributed by atoms with Crippen molar-refractivity contribution >= 4 is 49.1 Å². The van der Waals surface area contributed by atoms with Crippen molar-refractivity contribution in [2.75, 3.05) is 12.3 Å². The lowest BCUT2D eigenvalue weighted by atomic mass is 10.2. The molecular formula is C12H9BrF3N3OS. The van der Waals surface area contributed by atoms with Crippen molar-refractivity contribution in [3.63, 3.8) is 0 Å². The monoisotopic (exact) mass is 379 g/mol. The van der Waals surface area contributed by atoms with Gasteiger partial charge in [0.05, 0.1) is 5.69 Å². The number of fused-ring (bicyclic) bond motifs is 1. The fraction of sp³-hybridized carbons (Fsp3) is 0.167. The average Bonchev–Trinajstić information content (AvgIpc) is 2.72. The molecule has 21 heavy (non-hydrogen) atoms. The average molecular weight is 380 g/mol. The summed E-state index contributed by atoms with van der Waals surface area (Å²) in [6.45, 7) is 3.75. The number of rotatable bonds is 3. The van der Waals surface area contributed by atoms with E-state index in [0.29, 0.717) is 9.87 Å². The number of amides is 1. The number of hydrogen-bond acceptors (Lipinski definition) is 4. The van der Waals surface area contributed by atoms with Crippen LogP contribution in [0.3, 0.4) is 0 Å². The summed E-state index contributed by atoms with van der Waals surface area (Å²) >= 11 is 3.91. The van der Waals surface area contributed by atoms with Crippen LogP contribution in [0.15, 0.2) is 23.2 Å². The molecule has 112 valence electrons. The fourth-order valence-electron chi connectivity index (χ4n) is 1.58. The van der Waals surface area contributed by atoms with Crippen molar-refractivity contribution in [3.05, 3.63) is 33.8 Å². The molecule has 0 aliphatic rings. The fourth-order valence-corrected chi connectivity index (χ4v) is 2.73. The van der Waals surface area contributed by atoms with E-state index in [9.17, 15) is 18.0 Å². The van der Waals surface area contributed by atoms with E-state index >= 15 is 0 Å². The van der Waals surface area contributed by atoms with E-state index in [1.807, 2.05) is 0 Å². The minimum atomic E-state index is -4.54. The van der Waals surface area contributed by atoms with Crippen molar-refractivity contribution < 1.29 is 18.0 Å². The molecule has 0 saturated carbocycles. The minimum Gasteiger partial charge on any atom is -0.397 e. The van der Waals surface area contributed by atoms with Gasteiger partial charge in [-0.2, -0.15) is 13.2 Å². The van der Waals surface area contributed by atoms with Crippen LogP contribution < -0.4 is 11.1 Å². The van der Waals surface area contributed by atoms with Gasteiger partial charge >= 0.3 is 6.18 Å². The van der Waals surface area contributed by atoms with Gasteiger partial charge in [0, 0.05) is 16.4 Å². The quantitative estimate of drug-likeness (QED) is 0.856. The van der Waals surface area contributed by atoms with E-state index in [0.717, 1.165) is 17.4 Å². The lowest BCUT2D eigenvalue weighted by Crippen LogP contribution is -2.24. The van der Waals surface area contributed by atoms with Crippen molar-refractivity contribution in [2.24, 2.45) is 0 Å². The van der Waals surface area contributed by atoms with E-state index < -0.39 is 17.8 Å². The van der Waals surface area contributed by atoms with E-state index in [1.54, 1.807) is 0 Å². The first-order valence-electron chi connectivity index (χ1n) is 5.58. The summed E-state index contributed by atoms with van der Waals surface area (Å²) in [6, 6.07) is 2.06. The van der Waals surface area contributed by atoms with Crippen molar-refractivity contribution in [2.45, 2.75) is 6.18 Å². The van der Waals surface area contributed by atoms with E-state index in [1.165, 1.54) is 6.07 Å². The number of halogens is 4. The van der Waals surface area contributed by atoms with Crippen LogP contribution in [-0.4, -0.2) is 17.4 Å². The van der Waals surface area contributed by atoms with Crippen LogP contribution in [0.2, 0.25) is 0 Å². The number of carbonyl (C=O) groups excluding carboxylic acids is 1. The highest BCUT2D eigenvalue weighted by Crippen LogP contribution is 2.35. The topological polar surface area (TPSA) is 68.0 Å². The highest BCUT2D eigenvalue weighted by atomic mass is 79.9. The molecule has 3 N–H and O–H groups in total. The Morgan fingerprint density at radius 1 is 1.48 bits per heavy atom. The highest BCUT2D eigenvalue weighted by molar-refractivity contribution is 9.11. The van der Waals surface area contributed by atoms with Crippen LogP contribution in [0.5, 0.6) is 0 Å². The van der Waals surface area contributed by atoms with Gasteiger partial charge in [0.15, 0.2) is 0 Å². The smallest absolute Gasteiger partial charge is 0.397 e. The molecule has 9 heteroatoms. The first kappa shape index (κ1) is 15.8. The number of nitrogen functional groups attached to an aromatic ring is 1. The Bertz CT molecular complexity index is 726. The van der Waals surface area contributed by atoms with Gasteiger partial charge in [0.25, 0.3) is 5.91 Å². The third-order valence-corrected chi connectivity index (χ3v) is 3.93. The van der Waals surface area contributed by atoms with E-state index in [-0.39, 0.29) is 21.9 Å². The van der Waals surface area contributed by atoms with Gasteiger partial charge < -0.3 is 11.1 Å². The summed E-state index contributed by atoms with van der Waals surface area (Å²) in [5, 5.41) is 2.87. The summed E-state index contributed by atoms with van der Waals surface area (Å²) in [7, 11) is 0. The number of nitrogens with zero attached hydrogens (tertiary/aromatic N) is 1. The molecule has 0 radical (unpaired) electrons. The zero-order valence-corrected chi connectivity index (χ0v) is 12.8. The maximum atomic E-state index is 12.6. The van der Waals surface area contributed by atoms with Gasteiger partial charge in [0.1, 0.15) is 15.4 Å². The number of thiophene rings is 1. The maximum Gasteiger partial charge on any atom is 0.433 e. The first-order chi connectivity index (χ1) is 9.70. The molecule has 0 aliphatic carbocycles. The Morgan fingerprint density at radius 3 is 2.71 bits per heavy atom. The normalized spacial score (nSPS) is 11.6. The molecule has 0 spiro atoms. The molecule has 0 unspecified atom stereocenters. The van der Waals surface area contributed by atoms with E-state index in [2.05, 4.69) is 32.8 Å². The van der Waals surface area contributed by atoms with E-state index in [4.69, 9.17) is 5.73 Å². The second-order valence-corrected chi connectivity index (χ2v) is 6.21. The van der Waals surface area contributed by atoms with Gasteiger partial charge in [-0.15, -0.1) is 11.3 Å². The Balaban J connectivity index is 2.41. The zero-order valence-electron chi connectivity index (χ0n) is 10.4. The maximum absolute atomic E-state index is 12.6. The standard InChI is InChI=1S/C12H9BrF3N3OS/c1-5(13)4-18-10(20)9-8(17)6-2-3-7(12(14,15)16)19-11(6)21-9/h2-3H,1,4,17H2,(H,18,20). The summed E-state index contributed by atoms with van der Waals surface area (Å²) in [5.41, 5.74) is 4.90. The van der Waals surface area contributed by atoms with Crippen LogP contribution in [0, 0.1) is 0 Å². The Kier molecular flexibility index (Phi) is 4.24. The minimum absolute atomic E-state index is 0.0742. The number of pyridine rings is 1. The summed E-state index contributed by atoms with van der Waals surface area (Å²) < 4.78 is 38.4. The van der Waals surface area contributed by atoms with Crippen molar-refractivity contribution in [1.29, 1.82) is 0 Å². The molecule has 0 aliphatic heterocycles. The lowest BCUT2D eigenvalue weighted by Gasteiger charge is -2.04. The van der Waals surface area contributed by atoms with Gasteiger partial charge in [-0.1, -0.05) is 22.5 Å². The molecule has 2 rings (SSSR count). The predicted molar refractivity (Wildman–Crippen MR) is 79.4 cm³/mol. The molecule has 0 bridgehead atoms.